The summed E-state index contributed by atoms with van der Waals surface area (Å²) in [6.07, 6.45) is 8.59. The van der Waals surface area contributed by atoms with Crippen LogP contribution in [-0.4, -0.2) is 35.6 Å². The maximum Gasteiger partial charge on any atom is 0.310 e. The quantitative estimate of drug-likeness (QED) is 0.533. The molecule has 2 aromatic rings. The minimum atomic E-state index is -0.624. The molecule has 1 N–H and O–H groups in total. The predicted octanol–water partition coefficient (Wildman–Crippen LogP) is 5.90. The summed E-state index contributed by atoms with van der Waals surface area (Å²) in [5.41, 5.74) is 2.45. The molecular weight excluding hydrogens is 401 g/mol. The highest BCUT2D eigenvalue weighted by Gasteiger charge is 2.52. The summed E-state index contributed by atoms with van der Waals surface area (Å²) in [5.74, 6) is 0.692. The number of benzene rings is 2. The fraction of sp³-hybridized carbons (Fsp3) is 0.536. The molecule has 2 aliphatic carbocycles. The second-order valence-electron chi connectivity index (χ2n) is 10.7. The lowest BCUT2D eigenvalue weighted by Crippen LogP contribution is -2.44. The minimum Gasteiger partial charge on any atom is -0.481 e. The number of likely N-dealkylation sites (tertiary alicyclic amines) is 1. The fourth-order valence-corrected chi connectivity index (χ4v) is 5.92. The van der Waals surface area contributed by atoms with Crippen LogP contribution in [0, 0.1) is 22.6 Å². The molecule has 3 fully saturated rings. The number of rotatable bonds is 9. The van der Waals surface area contributed by atoms with Gasteiger partial charge in [0, 0.05) is 6.54 Å². The van der Waals surface area contributed by atoms with Crippen molar-refractivity contribution in [3.05, 3.63) is 71.5 Å². The van der Waals surface area contributed by atoms with Crippen molar-refractivity contribution in [3.8, 4) is 0 Å². The monoisotopic (exact) mass is 435 g/mol. The predicted molar refractivity (Wildman–Crippen MR) is 124 cm³/mol. The normalized spacial score (nSPS) is 25.9. The smallest absolute Gasteiger partial charge is 0.310 e. The van der Waals surface area contributed by atoms with Crippen LogP contribution in [0.25, 0.3) is 0 Å². The zero-order valence-electron chi connectivity index (χ0n) is 18.8. The summed E-state index contributed by atoms with van der Waals surface area (Å²) in [7, 11) is 0. The third-order valence-electron chi connectivity index (χ3n) is 8.44. The summed E-state index contributed by atoms with van der Waals surface area (Å²) in [5, 5.41) is 9.57. The zero-order valence-corrected chi connectivity index (χ0v) is 18.8. The van der Waals surface area contributed by atoms with Gasteiger partial charge >= 0.3 is 5.97 Å². The van der Waals surface area contributed by atoms with E-state index in [2.05, 4.69) is 35.2 Å². The van der Waals surface area contributed by atoms with E-state index in [0.29, 0.717) is 12.5 Å². The second kappa shape index (κ2) is 8.62. The largest absolute Gasteiger partial charge is 0.481 e. The molecule has 3 aliphatic rings. The van der Waals surface area contributed by atoms with Crippen molar-refractivity contribution in [3.63, 3.8) is 0 Å². The molecule has 32 heavy (non-hydrogen) atoms. The van der Waals surface area contributed by atoms with Gasteiger partial charge in [0.1, 0.15) is 5.82 Å². The Kier molecular flexibility index (Phi) is 5.83. The molecule has 0 bridgehead atoms. The number of carboxylic acid groups (broad SMARTS) is 1. The van der Waals surface area contributed by atoms with Crippen molar-refractivity contribution in [1.29, 1.82) is 0 Å². The molecule has 0 amide bonds. The van der Waals surface area contributed by atoms with Crippen LogP contribution >= 0.6 is 0 Å². The van der Waals surface area contributed by atoms with Crippen molar-refractivity contribution in [2.45, 2.75) is 57.3 Å². The number of carboxylic acids is 1. The van der Waals surface area contributed by atoms with Gasteiger partial charge < -0.3 is 10.0 Å². The number of carbonyl (C=O) groups is 1. The molecule has 3 nitrogen and oxygen atoms in total. The van der Waals surface area contributed by atoms with Crippen LogP contribution < -0.4 is 0 Å². The highest BCUT2D eigenvalue weighted by atomic mass is 19.1. The average molecular weight is 436 g/mol. The van der Waals surface area contributed by atoms with Crippen LogP contribution in [-0.2, 0) is 11.2 Å². The minimum absolute atomic E-state index is 0.176. The first-order valence-electron chi connectivity index (χ1n) is 12.2. The molecular formula is C28H34FNO2. The van der Waals surface area contributed by atoms with Gasteiger partial charge in [-0.15, -0.1) is 0 Å². The van der Waals surface area contributed by atoms with Gasteiger partial charge in [0.15, 0.2) is 0 Å². The summed E-state index contributed by atoms with van der Waals surface area (Å²) < 4.78 is 13.5. The third kappa shape index (κ3) is 4.76. The van der Waals surface area contributed by atoms with Gasteiger partial charge in [0.2, 0.25) is 0 Å². The average Bonchev–Trinajstić information content (AvgIpc) is 3.72. The molecule has 0 radical (unpaired) electrons. The second-order valence-corrected chi connectivity index (χ2v) is 10.7. The molecule has 5 rings (SSSR count). The van der Waals surface area contributed by atoms with E-state index < -0.39 is 11.4 Å². The number of halogens is 1. The van der Waals surface area contributed by atoms with Gasteiger partial charge in [-0.05, 0) is 105 Å². The summed E-state index contributed by atoms with van der Waals surface area (Å²) in [4.78, 5) is 14.0. The number of hydrogen-bond acceptors (Lipinski definition) is 2. The maximum absolute atomic E-state index is 13.5. The Labute approximate surface area is 190 Å². The van der Waals surface area contributed by atoms with Gasteiger partial charge in [-0.2, -0.15) is 0 Å². The summed E-state index contributed by atoms with van der Waals surface area (Å²) in [6, 6.07) is 17.9. The van der Waals surface area contributed by atoms with Gasteiger partial charge in [-0.1, -0.05) is 42.5 Å². The van der Waals surface area contributed by atoms with Crippen molar-refractivity contribution in [1.82, 2.24) is 4.90 Å². The van der Waals surface area contributed by atoms with Crippen LogP contribution in [0.3, 0.4) is 0 Å². The Morgan fingerprint density at radius 1 is 1.00 bits per heavy atom. The lowest BCUT2D eigenvalue weighted by molar-refractivity contribution is -0.144. The van der Waals surface area contributed by atoms with Crippen molar-refractivity contribution in [2.24, 2.45) is 16.7 Å². The molecule has 4 heteroatoms. The molecule has 0 spiro atoms. The number of aliphatic carboxylic acids is 1. The van der Waals surface area contributed by atoms with Crippen LogP contribution in [0.1, 0.15) is 62.0 Å². The number of piperidine rings is 1. The first kappa shape index (κ1) is 21.6. The van der Waals surface area contributed by atoms with Gasteiger partial charge in [-0.25, -0.2) is 4.39 Å². The fourth-order valence-electron chi connectivity index (χ4n) is 5.92. The van der Waals surface area contributed by atoms with E-state index >= 15 is 0 Å². The molecule has 1 saturated heterocycles. The highest BCUT2D eigenvalue weighted by Crippen LogP contribution is 2.53. The maximum atomic E-state index is 13.5. The zero-order chi connectivity index (χ0) is 22.2. The van der Waals surface area contributed by atoms with E-state index in [-0.39, 0.29) is 11.2 Å². The van der Waals surface area contributed by atoms with E-state index in [0.717, 1.165) is 51.1 Å². The van der Waals surface area contributed by atoms with Crippen LogP contribution in [0.5, 0.6) is 0 Å². The number of nitrogens with zero attached hydrogens (tertiary/aromatic N) is 1. The lowest BCUT2D eigenvalue weighted by atomic mass is 9.70. The van der Waals surface area contributed by atoms with E-state index in [1.165, 1.54) is 30.4 Å². The van der Waals surface area contributed by atoms with Crippen LogP contribution in [0.2, 0.25) is 0 Å². The van der Waals surface area contributed by atoms with Crippen molar-refractivity contribution < 1.29 is 14.3 Å². The molecule has 0 aromatic heterocycles. The van der Waals surface area contributed by atoms with Gasteiger partial charge in [-0.3, -0.25) is 4.79 Å². The summed E-state index contributed by atoms with van der Waals surface area (Å²) in [6.45, 7) is 2.65. The first-order chi connectivity index (χ1) is 15.5. The molecule has 2 saturated carbocycles. The van der Waals surface area contributed by atoms with Crippen LogP contribution in [0.15, 0.2) is 54.6 Å². The first-order valence-corrected chi connectivity index (χ1v) is 12.2. The molecule has 1 aliphatic heterocycles. The topological polar surface area (TPSA) is 40.5 Å². The van der Waals surface area contributed by atoms with Crippen molar-refractivity contribution in [2.75, 3.05) is 19.6 Å². The third-order valence-corrected chi connectivity index (χ3v) is 8.44. The standard InChI is InChI=1S/C28H34FNO2/c29-24-8-6-21(7-9-24)19-27(11-10-23-18-25(23)22-4-2-1-3-5-22)14-16-30(17-15-27)20-28(12-13-28)26(31)32/h1-9,23,25H,10-20H2,(H,31,32)/t23-,25?/m1/s1. The Morgan fingerprint density at radius 3 is 2.31 bits per heavy atom. The lowest BCUT2D eigenvalue weighted by Gasteiger charge is -2.43. The summed E-state index contributed by atoms with van der Waals surface area (Å²) >= 11 is 0. The van der Waals surface area contributed by atoms with E-state index in [1.807, 2.05) is 12.1 Å². The SMILES string of the molecule is O=C(O)C1(CN2CCC(CC[C@@H]3CC3c3ccccc3)(Cc3ccc(F)cc3)CC2)CC1. The Hall–Kier alpha value is -2.20. The van der Waals surface area contributed by atoms with E-state index in [9.17, 15) is 14.3 Å². The Morgan fingerprint density at radius 2 is 1.69 bits per heavy atom. The Bertz CT molecular complexity index is 930. The van der Waals surface area contributed by atoms with E-state index in [1.54, 1.807) is 12.1 Å². The molecule has 2 atom stereocenters. The molecule has 1 unspecified atom stereocenters. The van der Waals surface area contributed by atoms with Gasteiger partial charge in [0.25, 0.3) is 0 Å². The van der Waals surface area contributed by atoms with Crippen LogP contribution in [0.4, 0.5) is 4.39 Å². The molecule has 170 valence electrons. The number of hydrogen-bond donors (Lipinski definition) is 1. The Balaban J connectivity index is 1.23. The molecule has 2 aromatic carbocycles. The van der Waals surface area contributed by atoms with E-state index in [4.69, 9.17) is 0 Å². The van der Waals surface area contributed by atoms with Gasteiger partial charge in [0.05, 0.1) is 5.41 Å². The van der Waals surface area contributed by atoms with Crippen molar-refractivity contribution >= 4 is 5.97 Å². The highest BCUT2D eigenvalue weighted by molar-refractivity contribution is 5.78. The molecule has 1 heterocycles.